The molecule has 3 rings (SSSR count). The van der Waals surface area contributed by atoms with Crippen molar-refractivity contribution in [2.45, 2.75) is 107 Å². The van der Waals surface area contributed by atoms with Crippen LogP contribution >= 0.6 is 47.8 Å². The van der Waals surface area contributed by atoms with Gasteiger partial charge in [0.15, 0.2) is 0 Å². The summed E-state index contributed by atoms with van der Waals surface area (Å²) in [6.07, 6.45) is 0. The van der Waals surface area contributed by atoms with Crippen LogP contribution in [0.3, 0.4) is 0 Å². The van der Waals surface area contributed by atoms with Crippen molar-refractivity contribution in [3.05, 3.63) is 41.9 Å². The van der Waals surface area contributed by atoms with E-state index in [2.05, 4.69) is 145 Å². The molecule has 2 aromatic heterocycles. The normalized spacial score (nSPS) is 15.0. The summed E-state index contributed by atoms with van der Waals surface area (Å²) in [5.41, 5.74) is 6.77. The van der Waals surface area contributed by atoms with Crippen LogP contribution in [0.15, 0.2) is 19.1 Å². The van der Waals surface area contributed by atoms with Crippen LogP contribution in [0.1, 0.15) is 130 Å². The lowest BCUT2D eigenvalue weighted by Crippen LogP contribution is -2.53. The van der Waals surface area contributed by atoms with Gasteiger partial charge in [0.1, 0.15) is 9.58 Å². The van der Waals surface area contributed by atoms with E-state index < -0.39 is 7.12 Å². The molecule has 10 heteroatoms. The fourth-order valence-electron chi connectivity index (χ4n) is 5.21. The number of rotatable bonds is 9. The van der Waals surface area contributed by atoms with E-state index in [-0.39, 0.29) is 35.5 Å². The van der Waals surface area contributed by atoms with Crippen LogP contribution in [0.25, 0.3) is 0 Å². The summed E-state index contributed by atoms with van der Waals surface area (Å²) in [5.74, 6) is 1.65. The van der Waals surface area contributed by atoms with E-state index >= 15 is 0 Å². The first kappa shape index (κ1) is 30.7. The summed E-state index contributed by atoms with van der Waals surface area (Å²) in [6.45, 7) is 26.6. The number of aromatic nitrogens is 4. The molecule has 1 aliphatic heterocycles. The topological polar surface area (TPSA) is 53.0 Å². The van der Waals surface area contributed by atoms with Crippen molar-refractivity contribution in [1.82, 2.24) is 29.4 Å². The Morgan fingerprint density at radius 3 is 1.30 bits per heavy atom. The van der Waals surface area contributed by atoms with Crippen molar-refractivity contribution in [3.63, 3.8) is 0 Å². The van der Waals surface area contributed by atoms with Gasteiger partial charge < -0.3 is 9.19 Å². The van der Waals surface area contributed by atoms with Crippen LogP contribution in [0.5, 0.6) is 0 Å². The molecule has 3 heterocycles. The molecule has 0 aliphatic carbocycles. The van der Waals surface area contributed by atoms with E-state index in [1.807, 2.05) is 0 Å². The summed E-state index contributed by atoms with van der Waals surface area (Å²) in [6, 6.07) is 0. The van der Waals surface area contributed by atoms with Gasteiger partial charge in [0.25, 0.3) is 0 Å². The largest absolute Gasteiger partial charge is 0.396 e. The van der Waals surface area contributed by atoms with Gasteiger partial charge in [-0.3, -0.25) is 0 Å². The number of nitrogens with zero attached hydrogens (tertiary/aromatic N) is 6. The highest BCUT2D eigenvalue weighted by molar-refractivity contribution is 9.12. The Hall–Kier alpha value is -0.865. The smallest absolute Gasteiger partial charge is 0.375 e. The lowest BCUT2D eigenvalue weighted by atomic mass is 9.87. The molecule has 0 N–H and O–H groups in total. The minimum atomic E-state index is -1.61. The maximum atomic E-state index is 5.31. The van der Waals surface area contributed by atoms with Crippen LogP contribution in [0.2, 0.25) is 0 Å². The molecule has 6 nitrogen and oxygen atoms in total. The second-order valence-electron chi connectivity index (χ2n) is 12.1. The summed E-state index contributed by atoms with van der Waals surface area (Å²) < 4.78 is 7.78. The first-order chi connectivity index (χ1) is 17.1. The first-order valence-electron chi connectivity index (χ1n) is 13.6. The van der Waals surface area contributed by atoms with Crippen molar-refractivity contribution in [3.8, 4) is 0 Å². The van der Waals surface area contributed by atoms with Gasteiger partial charge >= 0.3 is 12.8 Å². The monoisotopic (exact) mass is 699 g/mol. The summed E-state index contributed by atoms with van der Waals surface area (Å²) >= 11 is 11.8. The van der Waals surface area contributed by atoms with E-state index in [4.69, 9.17) is 15.3 Å². The molecular formula is C27H43BBr3N6. The van der Waals surface area contributed by atoms with Gasteiger partial charge in [-0.2, -0.15) is 0 Å². The van der Waals surface area contributed by atoms with Crippen molar-refractivity contribution < 1.29 is 0 Å². The van der Waals surface area contributed by atoms with E-state index in [9.17, 15) is 0 Å². The Labute approximate surface area is 249 Å². The third kappa shape index (κ3) is 5.58. The van der Waals surface area contributed by atoms with Gasteiger partial charge in [0.05, 0.1) is 26.0 Å². The lowest BCUT2D eigenvalue weighted by molar-refractivity contribution is 0.423. The molecule has 0 saturated heterocycles. The molecule has 1 aliphatic rings. The van der Waals surface area contributed by atoms with Crippen molar-refractivity contribution in [1.29, 1.82) is 0 Å². The molecule has 0 fully saturated rings. The number of allylic oxidation sites excluding steroid dienone is 2. The van der Waals surface area contributed by atoms with Gasteiger partial charge in [-0.05, 0) is 77.4 Å². The van der Waals surface area contributed by atoms with Crippen molar-refractivity contribution >= 4 is 60.6 Å². The number of hydrogen-bond acceptors (Lipinski definition) is 4. The van der Waals surface area contributed by atoms with Crippen molar-refractivity contribution in [2.24, 2.45) is 11.8 Å². The molecule has 0 spiro atoms. The average molecular weight is 702 g/mol. The molecule has 0 aromatic carbocycles. The highest BCUT2D eigenvalue weighted by Gasteiger charge is 2.44. The van der Waals surface area contributed by atoms with Gasteiger partial charge in [0.2, 0.25) is 0 Å². The first-order valence-corrected chi connectivity index (χ1v) is 16.0. The predicted molar refractivity (Wildman–Crippen MR) is 169 cm³/mol. The highest BCUT2D eigenvalue weighted by Crippen LogP contribution is 2.38. The Bertz CT molecular complexity index is 1140. The second-order valence-corrected chi connectivity index (χ2v) is 14.5. The molecular weight excluding hydrogens is 659 g/mol. The van der Waals surface area contributed by atoms with Crippen LogP contribution in [0, 0.1) is 11.8 Å². The van der Waals surface area contributed by atoms with Crippen LogP contribution in [-0.4, -0.2) is 37.1 Å². The third-order valence-corrected chi connectivity index (χ3v) is 9.39. The van der Waals surface area contributed by atoms with E-state index in [1.165, 1.54) is 17.1 Å². The van der Waals surface area contributed by atoms with Crippen LogP contribution in [0.4, 0.5) is 0 Å². The van der Waals surface area contributed by atoms with E-state index in [0.717, 1.165) is 30.5 Å². The minimum Gasteiger partial charge on any atom is -0.396 e. The lowest BCUT2D eigenvalue weighted by Gasteiger charge is -2.35. The fourth-order valence-corrected chi connectivity index (χ4v) is 8.80. The summed E-state index contributed by atoms with van der Waals surface area (Å²) in [5, 5.41) is 15.9. The summed E-state index contributed by atoms with van der Waals surface area (Å²) in [4.78, 5) is 2.24. The van der Waals surface area contributed by atoms with Gasteiger partial charge in [-0.15, -0.1) is 0 Å². The molecule has 1 radical (unpaired) electrons. The molecule has 0 amide bonds. The van der Waals surface area contributed by atoms with E-state index in [0.29, 0.717) is 0 Å². The molecule has 0 bridgehead atoms. The zero-order valence-corrected chi connectivity index (χ0v) is 29.2. The van der Waals surface area contributed by atoms with Gasteiger partial charge in [0, 0.05) is 17.3 Å². The number of hydrazone groups is 1. The van der Waals surface area contributed by atoms with Gasteiger partial charge in [-0.1, -0.05) is 83.1 Å². The zero-order valence-electron chi connectivity index (χ0n) is 24.5. The molecule has 205 valence electrons. The summed E-state index contributed by atoms with van der Waals surface area (Å²) in [7, 11) is -1.61. The van der Waals surface area contributed by atoms with Crippen molar-refractivity contribution in [2.75, 3.05) is 0 Å². The van der Waals surface area contributed by atoms with E-state index in [1.54, 1.807) is 0 Å². The second kappa shape index (κ2) is 11.7. The SMILES string of the molecule is CC(C)C1=[N+]N([BH-](n2nc(C(C)C)c(Br)c2C(C)C)n2nc(C(C)C)c(Br)c2C(C)C)C(C(C)C)=C1Br. The van der Waals surface area contributed by atoms with Gasteiger partial charge in [-0.25, -0.2) is 15.1 Å². The maximum absolute atomic E-state index is 5.31. The fraction of sp³-hybridized carbons (Fsp3) is 0.667. The standard InChI is InChI=1S/C27H43BBr3N6/c1-13(2)22-19(29)25(16(7)8)35(32-22)28(36-26(17(9)10)20(30)23(33-36)14(3)4)37-27(18(11)12)21(31)24(34-37)15(5)6/h13-18,28H,1-12H3. The minimum absolute atomic E-state index is 0.265. The average Bonchev–Trinajstić information content (AvgIpc) is 3.40. The maximum Gasteiger partial charge on any atom is 0.375 e. The Kier molecular flexibility index (Phi) is 9.71. The highest BCUT2D eigenvalue weighted by atomic mass is 79.9. The molecule has 0 atom stereocenters. The Morgan fingerprint density at radius 2 is 1.00 bits per heavy atom. The molecule has 2 aromatic rings. The number of halogens is 3. The predicted octanol–water partition coefficient (Wildman–Crippen LogP) is 8.14. The van der Waals surface area contributed by atoms with Crippen LogP contribution < -0.4 is 5.10 Å². The molecule has 37 heavy (non-hydrogen) atoms. The Balaban J connectivity index is 2.49. The molecule has 0 unspecified atom stereocenters. The molecule has 0 saturated carbocycles. The zero-order chi connectivity index (χ0) is 28.1. The Morgan fingerprint density at radius 1 is 0.595 bits per heavy atom. The quantitative estimate of drug-likeness (QED) is 0.248. The third-order valence-electron chi connectivity index (χ3n) is 6.95. The van der Waals surface area contributed by atoms with Crippen LogP contribution in [-0.2, 0) is 0 Å². The number of hydrogen-bond donors (Lipinski definition) is 0.